The molecule has 37 heavy (non-hydrogen) atoms. The first kappa shape index (κ1) is 26.3. The van der Waals surface area contributed by atoms with Gasteiger partial charge < -0.3 is 26.4 Å². The minimum Gasteiger partial charge on any atom is -0.391 e. The zero-order valence-electron chi connectivity index (χ0n) is 21.1. The van der Waals surface area contributed by atoms with Crippen LogP contribution in [0.25, 0.3) is 11.1 Å². The molecule has 4 amide bonds. The molecule has 0 bridgehead atoms. The first-order valence-corrected chi connectivity index (χ1v) is 12.6. The summed E-state index contributed by atoms with van der Waals surface area (Å²) in [5.41, 5.74) is 8.14. The SMILES string of the molecule is CC(=O)N[C@H](C(=O)N1C[C@H](O)C[C@H]1C(=O)N[C@H](Cc1ccc(-c2ccccc2)cc1)C(N)=O)C1(C)CC1. The van der Waals surface area contributed by atoms with Crippen molar-refractivity contribution in [2.45, 2.75) is 63.8 Å². The number of primary amides is 1. The summed E-state index contributed by atoms with van der Waals surface area (Å²) in [6.07, 6.45) is 0.903. The first-order valence-electron chi connectivity index (χ1n) is 12.6. The molecule has 2 aromatic carbocycles. The van der Waals surface area contributed by atoms with Crippen LogP contribution in [-0.4, -0.2) is 64.4 Å². The van der Waals surface area contributed by atoms with E-state index >= 15 is 0 Å². The summed E-state index contributed by atoms with van der Waals surface area (Å²) in [5, 5.41) is 15.7. The van der Waals surface area contributed by atoms with Crippen molar-refractivity contribution in [3.05, 3.63) is 60.2 Å². The molecule has 2 aliphatic rings. The smallest absolute Gasteiger partial charge is 0.246 e. The lowest BCUT2D eigenvalue weighted by Crippen LogP contribution is -2.57. The molecule has 0 radical (unpaired) electrons. The third kappa shape index (κ3) is 6.17. The maximum Gasteiger partial charge on any atom is 0.246 e. The van der Waals surface area contributed by atoms with Crippen molar-refractivity contribution in [2.24, 2.45) is 11.1 Å². The van der Waals surface area contributed by atoms with Crippen LogP contribution in [0.5, 0.6) is 0 Å². The number of amides is 4. The van der Waals surface area contributed by atoms with Gasteiger partial charge in [0.2, 0.25) is 23.6 Å². The molecular weight excluding hydrogens is 472 g/mol. The zero-order valence-corrected chi connectivity index (χ0v) is 21.1. The third-order valence-corrected chi connectivity index (χ3v) is 7.36. The molecule has 1 aliphatic heterocycles. The normalized spacial score (nSPS) is 21.5. The number of hydrogen-bond donors (Lipinski definition) is 4. The lowest BCUT2D eigenvalue weighted by Gasteiger charge is -2.32. The minimum atomic E-state index is -0.989. The highest BCUT2D eigenvalue weighted by molar-refractivity contribution is 5.95. The van der Waals surface area contributed by atoms with Gasteiger partial charge in [0.1, 0.15) is 18.1 Å². The molecule has 5 N–H and O–H groups in total. The van der Waals surface area contributed by atoms with Gasteiger partial charge in [0.05, 0.1) is 6.10 Å². The van der Waals surface area contributed by atoms with Crippen molar-refractivity contribution >= 4 is 23.6 Å². The van der Waals surface area contributed by atoms with Crippen LogP contribution in [0.15, 0.2) is 54.6 Å². The number of nitrogens with two attached hydrogens (primary N) is 1. The molecule has 1 saturated carbocycles. The van der Waals surface area contributed by atoms with Crippen LogP contribution in [0, 0.1) is 5.41 Å². The van der Waals surface area contributed by atoms with E-state index in [-0.39, 0.29) is 30.7 Å². The van der Waals surface area contributed by atoms with E-state index in [1.807, 2.05) is 61.5 Å². The molecular formula is C28H34N4O5. The van der Waals surface area contributed by atoms with E-state index in [9.17, 15) is 24.3 Å². The fourth-order valence-electron chi connectivity index (χ4n) is 4.89. The van der Waals surface area contributed by atoms with E-state index in [1.54, 1.807) is 0 Å². The fourth-order valence-corrected chi connectivity index (χ4v) is 4.89. The van der Waals surface area contributed by atoms with E-state index in [4.69, 9.17) is 5.73 Å². The average Bonchev–Trinajstić information content (AvgIpc) is 3.49. The Bertz CT molecular complexity index is 1160. The maximum atomic E-state index is 13.4. The van der Waals surface area contributed by atoms with Crippen molar-refractivity contribution < 1.29 is 24.3 Å². The summed E-state index contributed by atoms with van der Waals surface area (Å²) in [6, 6.07) is 14.8. The second-order valence-corrected chi connectivity index (χ2v) is 10.4. The summed E-state index contributed by atoms with van der Waals surface area (Å²) in [4.78, 5) is 52.0. The van der Waals surface area contributed by atoms with Gasteiger partial charge in [-0.1, -0.05) is 61.5 Å². The Kier molecular flexibility index (Phi) is 7.63. The molecule has 2 aromatic rings. The predicted molar refractivity (Wildman–Crippen MR) is 138 cm³/mol. The van der Waals surface area contributed by atoms with Crippen molar-refractivity contribution in [1.29, 1.82) is 0 Å². The van der Waals surface area contributed by atoms with E-state index in [1.165, 1.54) is 11.8 Å². The fraction of sp³-hybridized carbons (Fsp3) is 0.429. The highest BCUT2D eigenvalue weighted by Crippen LogP contribution is 2.49. The van der Waals surface area contributed by atoms with Crippen molar-refractivity contribution in [1.82, 2.24) is 15.5 Å². The van der Waals surface area contributed by atoms with E-state index in [0.717, 1.165) is 29.5 Å². The van der Waals surface area contributed by atoms with Crippen LogP contribution >= 0.6 is 0 Å². The number of benzene rings is 2. The quantitative estimate of drug-likeness (QED) is 0.403. The molecule has 9 nitrogen and oxygen atoms in total. The van der Waals surface area contributed by atoms with Gasteiger partial charge in [-0.05, 0) is 34.9 Å². The highest BCUT2D eigenvalue weighted by atomic mass is 16.3. The standard InChI is InChI=1S/C28H34N4O5/c1-17(33)30-24(28(2)12-13-28)27(37)32-16-21(34)15-23(32)26(36)31-22(25(29)35)14-18-8-10-20(11-9-18)19-6-4-3-5-7-19/h3-11,21-24,34H,12-16H2,1-2H3,(H2,29,35)(H,30,33)(H,31,36)/t21-,22-,23+,24-/m1/s1. The number of nitrogens with one attached hydrogen (secondary N) is 2. The number of rotatable bonds is 9. The molecule has 9 heteroatoms. The van der Waals surface area contributed by atoms with Crippen molar-refractivity contribution in [3.63, 3.8) is 0 Å². The van der Waals surface area contributed by atoms with Crippen LogP contribution in [0.4, 0.5) is 0 Å². The van der Waals surface area contributed by atoms with Crippen LogP contribution < -0.4 is 16.4 Å². The second-order valence-electron chi connectivity index (χ2n) is 10.4. The summed E-state index contributed by atoms with van der Waals surface area (Å²) >= 11 is 0. The highest BCUT2D eigenvalue weighted by Gasteiger charge is 2.52. The minimum absolute atomic E-state index is 0.0225. The van der Waals surface area contributed by atoms with E-state index in [0.29, 0.717) is 0 Å². The van der Waals surface area contributed by atoms with Gasteiger partial charge >= 0.3 is 0 Å². The number of likely N-dealkylation sites (tertiary alicyclic amines) is 1. The Morgan fingerprint density at radius 1 is 1.03 bits per heavy atom. The maximum absolute atomic E-state index is 13.4. The molecule has 196 valence electrons. The van der Waals surface area contributed by atoms with Crippen molar-refractivity contribution in [2.75, 3.05) is 6.54 Å². The first-order chi connectivity index (χ1) is 17.6. The molecule has 0 unspecified atom stereocenters. The van der Waals surface area contributed by atoms with Gasteiger partial charge in [-0.25, -0.2) is 0 Å². The molecule has 1 heterocycles. The Morgan fingerprint density at radius 2 is 1.65 bits per heavy atom. The summed E-state index contributed by atoms with van der Waals surface area (Å²) in [7, 11) is 0. The topological polar surface area (TPSA) is 142 Å². The number of carbonyl (C=O) groups is 4. The number of aliphatic hydroxyl groups is 1. The summed E-state index contributed by atoms with van der Waals surface area (Å²) in [6.45, 7) is 3.24. The molecule has 0 spiro atoms. The number of carbonyl (C=O) groups excluding carboxylic acids is 4. The Labute approximate surface area is 216 Å². The predicted octanol–water partition coefficient (Wildman–Crippen LogP) is 1.13. The number of hydrogen-bond acceptors (Lipinski definition) is 5. The van der Waals surface area contributed by atoms with E-state index in [2.05, 4.69) is 10.6 Å². The molecule has 1 saturated heterocycles. The average molecular weight is 507 g/mol. The molecule has 1 aliphatic carbocycles. The number of aliphatic hydroxyl groups excluding tert-OH is 1. The van der Waals surface area contributed by atoms with E-state index < -0.39 is 42.0 Å². The van der Waals surface area contributed by atoms with Gasteiger partial charge in [0.15, 0.2) is 0 Å². The number of β-amino-alcohol motifs (C(OH)–C–C–N with tert-alkyl or cyclic N) is 1. The van der Waals surface area contributed by atoms with Crippen LogP contribution in [0.1, 0.15) is 38.7 Å². The van der Waals surface area contributed by atoms with Gasteiger partial charge in [-0.3, -0.25) is 19.2 Å². The second kappa shape index (κ2) is 10.7. The van der Waals surface area contributed by atoms with Crippen LogP contribution in [0.3, 0.4) is 0 Å². The van der Waals surface area contributed by atoms with Crippen LogP contribution in [0.2, 0.25) is 0 Å². The molecule has 0 aromatic heterocycles. The Balaban J connectivity index is 1.45. The van der Waals surface area contributed by atoms with Crippen molar-refractivity contribution in [3.8, 4) is 11.1 Å². The van der Waals surface area contributed by atoms with Gasteiger partial charge in [-0.15, -0.1) is 0 Å². The Hall–Kier alpha value is -3.72. The molecule has 2 fully saturated rings. The molecule has 4 atom stereocenters. The summed E-state index contributed by atoms with van der Waals surface area (Å²) in [5.74, 6) is -1.99. The lowest BCUT2D eigenvalue weighted by atomic mass is 9.96. The van der Waals surface area contributed by atoms with Gasteiger partial charge in [0, 0.05) is 26.3 Å². The lowest BCUT2D eigenvalue weighted by molar-refractivity contribution is -0.143. The number of nitrogens with zero attached hydrogens (tertiary/aromatic N) is 1. The molecule has 4 rings (SSSR count). The monoisotopic (exact) mass is 506 g/mol. The summed E-state index contributed by atoms with van der Waals surface area (Å²) < 4.78 is 0. The largest absolute Gasteiger partial charge is 0.391 e. The van der Waals surface area contributed by atoms with Crippen LogP contribution in [-0.2, 0) is 25.6 Å². The zero-order chi connectivity index (χ0) is 26.7. The third-order valence-electron chi connectivity index (χ3n) is 7.36. The Morgan fingerprint density at radius 3 is 2.22 bits per heavy atom. The van der Waals surface area contributed by atoms with Gasteiger partial charge in [0.25, 0.3) is 0 Å². The van der Waals surface area contributed by atoms with Gasteiger partial charge in [-0.2, -0.15) is 0 Å².